The molecule has 17 heavy (non-hydrogen) atoms. The molecule has 5 atom stereocenters. The third kappa shape index (κ3) is 1.65. The number of hydrogen-bond acceptors (Lipinski definition) is 3. The van der Waals surface area contributed by atoms with Crippen molar-refractivity contribution in [3.63, 3.8) is 0 Å². The number of hydrogen-bond donors (Lipinski definition) is 2. The number of aliphatic hydroxyl groups excluding tert-OH is 1. The van der Waals surface area contributed by atoms with Gasteiger partial charge in [-0.25, -0.2) is 4.72 Å². The number of rotatable bonds is 4. The van der Waals surface area contributed by atoms with E-state index in [0.29, 0.717) is 30.8 Å². The monoisotopic (exact) mass is 260 g/mol. The van der Waals surface area contributed by atoms with Crippen LogP contribution < -0.4 is 4.72 Å². The van der Waals surface area contributed by atoms with Crippen molar-refractivity contribution in [3.05, 3.63) is 0 Å². The van der Waals surface area contributed by atoms with Crippen LogP contribution in [0.15, 0.2) is 0 Å². The Kier molecular flexibility index (Phi) is 2.74. The summed E-state index contributed by atoms with van der Waals surface area (Å²) in [7, 11) is -3.39. The van der Waals surface area contributed by atoms with Gasteiger partial charge in [-0.15, -0.1) is 0 Å². The van der Waals surface area contributed by atoms with E-state index in [1.54, 1.807) is 0 Å². The third-order valence-electron chi connectivity index (χ3n) is 4.65. The van der Waals surface area contributed by atoms with Gasteiger partial charge >= 0.3 is 0 Å². The summed E-state index contributed by atoms with van der Waals surface area (Å²) in [6.07, 6.45) is 2.35. The zero-order chi connectivity index (χ0) is 12.2. The van der Waals surface area contributed by atoms with Crippen molar-refractivity contribution < 1.29 is 13.5 Å². The molecule has 1 aliphatic heterocycles. The molecule has 2 aliphatic carbocycles. The topological polar surface area (TPSA) is 69.6 Å². The summed E-state index contributed by atoms with van der Waals surface area (Å²) < 4.78 is 28.4. The summed E-state index contributed by atoms with van der Waals surface area (Å²) in [5, 5.41) is 10.1. The highest BCUT2D eigenvalue weighted by molar-refractivity contribution is 7.87. The van der Waals surface area contributed by atoms with Crippen molar-refractivity contribution in [1.29, 1.82) is 0 Å². The van der Waals surface area contributed by atoms with Gasteiger partial charge in [0.2, 0.25) is 0 Å². The van der Waals surface area contributed by atoms with E-state index in [2.05, 4.69) is 4.72 Å². The molecule has 3 rings (SSSR count). The van der Waals surface area contributed by atoms with Crippen LogP contribution in [0.1, 0.15) is 26.2 Å². The quantitative estimate of drug-likeness (QED) is 0.743. The highest BCUT2D eigenvalue weighted by Gasteiger charge is 2.61. The minimum atomic E-state index is -3.39. The van der Waals surface area contributed by atoms with Crippen LogP contribution in [0.2, 0.25) is 0 Å². The van der Waals surface area contributed by atoms with Gasteiger partial charge in [0.15, 0.2) is 0 Å². The molecule has 2 saturated carbocycles. The average Bonchev–Trinajstić information content (AvgIpc) is 2.86. The molecule has 2 N–H and O–H groups in total. The molecule has 1 heterocycles. The second-order valence-corrected chi connectivity index (χ2v) is 7.31. The van der Waals surface area contributed by atoms with Crippen LogP contribution in [0.4, 0.5) is 0 Å². The van der Waals surface area contributed by atoms with Gasteiger partial charge in [0.05, 0.1) is 12.1 Å². The summed E-state index contributed by atoms with van der Waals surface area (Å²) in [5.41, 5.74) is 0. The minimum absolute atomic E-state index is 0.159. The predicted octanol–water partition coefficient (Wildman–Crippen LogP) is -0.0681. The first kappa shape index (κ1) is 11.9. The number of nitrogens with zero attached hydrogens (tertiary/aromatic N) is 1. The molecule has 0 aromatic rings. The lowest BCUT2D eigenvalue weighted by atomic mass is 9.88. The number of fused-ring (bicyclic) bond motifs is 1. The lowest BCUT2D eigenvalue weighted by Crippen LogP contribution is -2.48. The van der Waals surface area contributed by atoms with Crippen molar-refractivity contribution in [2.75, 3.05) is 13.1 Å². The Morgan fingerprint density at radius 1 is 1.35 bits per heavy atom. The van der Waals surface area contributed by atoms with Crippen LogP contribution in [0, 0.1) is 17.8 Å². The first-order valence-corrected chi connectivity index (χ1v) is 7.93. The van der Waals surface area contributed by atoms with Crippen LogP contribution in [-0.4, -0.2) is 43.1 Å². The Morgan fingerprint density at radius 2 is 2.12 bits per heavy atom. The van der Waals surface area contributed by atoms with E-state index in [1.807, 2.05) is 6.92 Å². The molecule has 5 nitrogen and oxygen atoms in total. The van der Waals surface area contributed by atoms with Crippen molar-refractivity contribution in [3.8, 4) is 0 Å². The van der Waals surface area contributed by atoms with Crippen molar-refractivity contribution in [1.82, 2.24) is 9.03 Å². The van der Waals surface area contributed by atoms with Gasteiger partial charge in [-0.05, 0) is 37.0 Å². The lowest BCUT2D eigenvalue weighted by molar-refractivity contribution is 0.0728. The van der Waals surface area contributed by atoms with E-state index >= 15 is 0 Å². The molecule has 1 saturated heterocycles. The van der Waals surface area contributed by atoms with Crippen LogP contribution >= 0.6 is 0 Å². The van der Waals surface area contributed by atoms with Gasteiger partial charge < -0.3 is 5.11 Å². The van der Waals surface area contributed by atoms with E-state index in [-0.39, 0.29) is 6.04 Å². The number of nitrogens with one attached hydrogen (secondary N) is 1. The molecular formula is C11H20N2O3S. The zero-order valence-electron chi connectivity index (χ0n) is 10.0. The molecule has 3 fully saturated rings. The van der Waals surface area contributed by atoms with Gasteiger partial charge in [-0.2, -0.15) is 12.7 Å². The molecule has 0 radical (unpaired) electrons. The smallest absolute Gasteiger partial charge is 0.279 e. The summed E-state index contributed by atoms with van der Waals surface area (Å²) in [6.45, 7) is 3.01. The number of aliphatic hydroxyl groups is 1. The molecule has 0 aromatic heterocycles. The van der Waals surface area contributed by atoms with Gasteiger partial charge in [0.25, 0.3) is 10.2 Å². The molecule has 98 valence electrons. The Hall–Kier alpha value is -0.170. The van der Waals surface area contributed by atoms with Crippen LogP contribution in [0.3, 0.4) is 0 Å². The fourth-order valence-electron chi connectivity index (χ4n) is 3.95. The van der Waals surface area contributed by atoms with Gasteiger partial charge in [-0.3, -0.25) is 0 Å². The summed E-state index contributed by atoms with van der Waals surface area (Å²) in [6, 6.07) is -0.159. The molecule has 2 bridgehead atoms. The van der Waals surface area contributed by atoms with Crippen molar-refractivity contribution in [2.24, 2.45) is 17.8 Å². The maximum absolute atomic E-state index is 12.1. The van der Waals surface area contributed by atoms with Crippen molar-refractivity contribution >= 4 is 10.2 Å². The largest absolute Gasteiger partial charge is 0.391 e. The second-order valence-electron chi connectivity index (χ2n) is 5.61. The fraction of sp³-hybridized carbons (Fsp3) is 1.00. The SMILES string of the molecule is CCCNS(=O)(=O)N1CC2CC3CC2C1C3O. The highest BCUT2D eigenvalue weighted by Crippen LogP contribution is 2.55. The Bertz CT molecular complexity index is 409. The van der Waals surface area contributed by atoms with Crippen LogP contribution in [0.25, 0.3) is 0 Å². The molecule has 3 aliphatic rings. The van der Waals surface area contributed by atoms with Crippen LogP contribution in [-0.2, 0) is 10.2 Å². The predicted molar refractivity (Wildman–Crippen MR) is 63.4 cm³/mol. The van der Waals surface area contributed by atoms with E-state index in [4.69, 9.17) is 0 Å². The lowest BCUT2D eigenvalue weighted by Gasteiger charge is -2.28. The third-order valence-corrected chi connectivity index (χ3v) is 6.23. The Labute approximate surface area is 102 Å². The first-order valence-electron chi connectivity index (χ1n) is 6.49. The maximum atomic E-state index is 12.1. The Morgan fingerprint density at radius 3 is 2.76 bits per heavy atom. The van der Waals surface area contributed by atoms with Gasteiger partial charge in [0.1, 0.15) is 0 Å². The van der Waals surface area contributed by atoms with Crippen LogP contribution in [0.5, 0.6) is 0 Å². The standard InChI is InChI=1S/C11H20N2O3S/c1-2-3-12-17(15,16)13-6-8-4-7-5-9(8)10(13)11(7)14/h7-12,14H,2-6H2,1H3. The molecule has 6 heteroatoms. The van der Waals surface area contributed by atoms with E-state index in [9.17, 15) is 13.5 Å². The molecule has 0 spiro atoms. The summed E-state index contributed by atoms with van der Waals surface area (Å²) in [4.78, 5) is 0. The van der Waals surface area contributed by atoms with Crippen molar-refractivity contribution in [2.45, 2.75) is 38.3 Å². The molecular weight excluding hydrogens is 240 g/mol. The normalized spacial score (nSPS) is 44.7. The molecule has 0 amide bonds. The molecule has 5 unspecified atom stereocenters. The van der Waals surface area contributed by atoms with E-state index in [1.165, 1.54) is 4.31 Å². The van der Waals surface area contributed by atoms with Gasteiger partial charge in [0, 0.05) is 13.1 Å². The van der Waals surface area contributed by atoms with Gasteiger partial charge in [-0.1, -0.05) is 6.92 Å². The molecule has 0 aromatic carbocycles. The zero-order valence-corrected chi connectivity index (χ0v) is 10.9. The fourth-order valence-corrected chi connectivity index (χ4v) is 5.57. The maximum Gasteiger partial charge on any atom is 0.279 e. The first-order chi connectivity index (χ1) is 8.04. The average molecular weight is 260 g/mol. The highest BCUT2D eigenvalue weighted by atomic mass is 32.2. The second kappa shape index (κ2) is 3.91. The minimum Gasteiger partial charge on any atom is -0.391 e. The van der Waals surface area contributed by atoms with E-state index < -0.39 is 16.3 Å². The summed E-state index contributed by atoms with van der Waals surface area (Å²) >= 11 is 0. The van der Waals surface area contributed by atoms with E-state index in [0.717, 1.165) is 19.3 Å². The Balaban J connectivity index is 1.82. The summed E-state index contributed by atoms with van der Waals surface area (Å²) in [5.74, 6) is 1.21.